The molecule has 2 amide bonds. The Hall–Kier alpha value is -2.24. The highest BCUT2D eigenvalue weighted by molar-refractivity contribution is 5.71. The number of ether oxygens (including phenoxy) is 2. The van der Waals surface area contributed by atoms with Crippen molar-refractivity contribution in [2.45, 2.75) is 70.7 Å². The van der Waals surface area contributed by atoms with Crippen molar-refractivity contribution >= 4 is 12.2 Å². The Morgan fingerprint density at radius 3 is 2.48 bits per heavy atom. The smallest absolute Gasteiger partial charge is 0.411 e. The summed E-state index contributed by atoms with van der Waals surface area (Å²) in [5, 5.41) is 0. The van der Waals surface area contributed by atoms with Crippen molar-refractivity contribution in [2.75, 3.05) is 13.1 Å². The zero-order valence-corrected chi connectivity index (χ0v) is 16.7. The van der Waals surface area contributed by atoms with Gasteiger partial charge in [0.15, 0.2) is 0 Å². The molecule has 0 N–H and O–H groups in total. The molecule has 2 fully saturated rings. The average Bonchev–Trinajstić information content (AvgIpc) is 3.14. The van der Waals surface area contributed by atoms with E-state index in [-0.39, 0.29) is 30.4 Å². The molecule has 1 aromatic carbocycles. The van der Waals surface area contributed by atoms with Gasteiger partial charge in [-0.05, 0) is 52.5 Å². The molecule has 0 radical (unpaired) electrons. The lowest BCUT2D eigenvalue weighted by Crippen LogP contribution is -2.50. The van der Waals surface area contributed by atoms with Gasteiger partial charge in [-0.15, -0.1) is 0 Å². The number of carbonyl (C=O) groups excluding carboxylic acids is 2. The molecule has 148 valence electrons. The molecule has 0 aromatic heterocycles. The highest BCUT2D eigenvalue weighted by Crippen LogP contribution is 2.44. The predicted octanol–water partition coefficient (Wildman–Crippen LogP) is 4.19. The Labute approximate surface area is 161 Å². The average molecular weight is 374 g/mol. The lowest BCUT2D eigenvalue weighted by Gasteiger charge is -2.36. The van der Waals surface area contributed by atoms with E-state index in [2.05, 4.69) is 6.92 Å². The molecule has 1 saturated carbocycles. The Bertz CT molecular complexity index is 679. The molecule has 0 bridgehead atoms. The molecule has 1 saturated heterocycles. The van der Waals surface area contributed by atoms with Crippen LogP contribution in [0.1, 0.15) is 52.5 Å². The number of rotatable bonds is 4. The Kier molecular flexibility index (Phi) is 5.36. The van der Waals surface area contributed by atoms with Gasteiger partial charge in [-0.1, -0.05) is 30.3 Å². The molecule has 0 spiro atoms. The van der Waals surface area contributed by atoms with Gasteiger partial charge >= 0.3 is 12.2 Å². The molecule has 1 aliphatic heterocycles. The van der Waals surface area contributed by atoms with Crippen molar-refractivity contribution in [1.29, 1.82) is 0 Å². The van der Waals surface area contributed by atoms with Crippen molar-refractivity contribution in [3.63, 3.8) is 0 Å². The van der Waals surface area contributed by atoms with Gasteiger partial charge < -0.3 is 14.4 Å². The van der Waals surface area contributed by atoms with Gasteiger partial charge in [0.2, 0.25) is 0 Å². The van der Waals surface area contributed by atoms with E-state index >= 15 is 0 Å². The van der Waals surface area contributed by atoms with Gasteiger partial charge in [0.05, 0.1) is 6.04 Å². The largest absolute Gasteiger partial charge is 0.445 e. The summed E-state index contributed by atoms with van der Waals surface area (Å²) in [4.78, 5) is 28.8. The summed E-state index contributed by atoms with van der Waals surface area (Å²) in [6, 6.07) is 9.60. The second kappa shape index (κ2) is 7.41. The summed E-state index contributed by atoms with van der Waals surface area (Å²) in [6.45, 7) is 9.05. The fourth-order valence-corrected chi connectivity index (χ4v) is 3.47. The van der Waals surface area contributed by atoms with Gasteiger partial charge in [-0.2, -0.15) is 0 Å². The summed E-state index contributed by atoms with van der Waals surface area (Å²) in [5.41, 5.74) is 0.271. The first kappa shape index (κ1) is 19.5. The third-order valence-corrected chi connectivity index (χ3v) is 5.14. The zero-order chi connectivity index (χ0) is 19.7. The molecule has 1 heterocycles. The Morgan fingerprint density at radius 1 is 1.22 bits per heavy atom. The quantitative estimate of drug-likeness (QED) is 0.793. The summed E-state index contributed by atoms with van der Waals surface area (Å²) in [5.74, 6) is 0. The highest BCUT2D eigenvalue weighted by atomic mass is 16.6. The van der Waals surface area contributed by atoms with Gasteiger partial charge in [0.25, 0.3) is 0 Å². The first-order chi connectivity index (χ1) is 12.7. The topological polar surface area (TPSA) is 59.1 Å². The third-order valence-electron chi connectivity index (χ3n) is 5.14. The molecule has 6 nitrogen and oxygen atoms in total. The molecule has 1 aromatic rings. The normalized spacial score (nSPS) is 20.9. The minimum Gasteiger partial charge on any atom is -0.445 e. The van der Waals surface area contributed by atoms with Crippen molar-refractivity contribution in [1.82, 2.24) is 9.80 Å². The van der Waals surface area contributed by atoms with Crippen LogP contribution in [0.4, 0.5) is 9.59 Å². The monoisotopic (exact) mass is 374 g/mol. The van der Waals surface area contributed by atoms with E-state index in [9.17, 15) is 9.59 Å². The molecule has 3 rings (SSSR count). The van der Waals surface area contributed by atoms with Crippen LogP contribution in [0, 0.1) is 0 Å². The standard InChI is InChI=1S/C21H30N2O4/c1-20(2,3)27-19(25)23(21(4)11-12-21)17-10-13-22(14-17)18(24)26-15-16-8-6-5-7-9-16/h5-9,17H,10-15H2,1-4H3. The van der Waals surface area contributed by atoms with Gasteiger partial charge in [0.1, 0.15) is 12.2 Å². The zero-order valence-electron chi connectivity index (χ0n) is 16.7. The number of hydrogen-bond acceptors (Lipinski definition) is 4. The third kappa shape index (κ3) is 4.93. The number of likely N-dealkylation sites (tertiary alicyclic amines) is 1. The van der Waals surface area contributed by atoms with Crippen molar-refractivity contribution in [3.8, 4) is 0 Å². The number of amides is 2. The van der Waals surface area contributed by atoms with Crippen LogP contribution in [0.3, 0.4) is 0 Å². The first-order valence-electron chi connectivity index (χ1n) is 9.66. The van der Waals surface area contributed by atoms with Crippen LogP contribution in [-0.2, 0) is 16.1 Å². The van der Waals surface area contributed by atoms with Gasteiger partial charge in [-0.3, -0.25) is 4.90 Å². The van der Waals surface area contributed by atoms with Crippen LogP contribution < -0.4 is 0 Å². The van der Waals surface area contributed by atoms with E-state index in [0.717, 1.165) is 24.8 Å². The van der Waals surface area contributed by atoms with Gasteiger partial charge in [-0.25, -0.2) is 9.59 Å². The van der Waals surface area contributed by atoms with E-state index in [1.807, 2.05) is 56.0 Å². The van der Waals surface area contributed by atoms with Crippen LogP contribution in [0.2, 0.25) is 0 Å². The first-order valence-corrected chi connectivity index (χ1v) is 9.66. The maximum Gasteiger partial charge on any atom is 0.411 e. The van der Waals surface area contributed by atoms with Crippen LogP contribution in [-0.4, -0.2) is 52.3 Å². The van der Waals surface area contributed by atoms with Crippen molar-refractivity contribution < 1.29 is 19.1 Å². The van der Waals surface area contributed by atoms with E-state index in [1.165, 1.54) is 0 Å². The second-order valence-corrected chi connectivity index (χ2v) is 8.78. The fraction of sp³-hybridized carbons (Fsp3) is 0.619. The van der Waals surface area contributed by atoms with Crippen molar-refractivity contribution in [3.05, 3.63) is 35.9 Å². The minimum absolute atomic E-state index is 0.0309. The molecule has 1 aliphatic carbocycles. The maximum atomic E-state index is 12.8. The van der Waals surface area contributed by atoms with Crippen molar-refractivity contribution in [2.24, 2.45) is 0 Å². The number of carbonyl (C=O) groups is 2. The highest BCUT2D eigenvalue weighted by Gasteiger charge is 2.51. The van der Waals surface area contributed by atoms with E-state index in [4.69, 9.17) is 9.47 Å². The number of nitrogens with zero attached hydrogens (tertiary/aromatic N) is 2. The number of benzene rings is 1. The lowest BCUT2D eigenvalue weighted by atomic mass is 10.1. The lowest BCUT2D eigenvalue weighted by molar-refractivity contribution is 0.00378. The van der Waals surface area contributed by atoms with Gasteiger partial charge in [0, 0.05) is 18.6 Å². The summed E-state index contributed by atoms with van der Waals surface area (Å²) in [6.07, 6.45) is 2.08. The van der Waals surface area contributed by atoms with Crippen LogP contribution in [0.25, 0.3) is 0 Å². The molecular formula is C21H30N2O4. The molecule has 1 unspecified atom stereocenters. The summed E-state index contributed by atoms with van der Waals surface area (Å²) >= 11 is 0. The SMILES string of the molecule is CC(C)(C)OC(=O)N(C1CCN(C(=O)OCc2ccccc2)C1)C1(C)CC1. The summed E-state index contributed by atoms with van der Waals surface area (Å²) < 4.78 is 11.1. The minimum atomic E-state index is -0.534. The Morgan fingerprint density at radius 2 is 1.89 bits per heavy atom. The molecule has 6 heteroatoms. The Balaban J connectivity index is 1.59. The van der Waals surface area contributed by atoms with E-state index in [0.29, 0.717) is 13.1 Å². The maximum absolute atomic E-state index is 12.8. The fourth-order valence-electron chi connectivity index (χ4n) is 3.47. The second-order valence-electron chi connectivity index (χ2n) is 8.78. The van der Waals surface area contributed by atoms with Crippen LogP contribution in [0.5, 0.6) is 0 Å². The predicted molar refractivity (Wildman–Crippen MR) is 102 cm³/mol. The molecule has 2 aliphatic rings. The molecule has 27 heavy (non-hydrogen) atoms. The van der Waals surface area contributed by atoms with Crippen LogP contribution >= 0.6 is 0 Å². The van der Waals surface area contributed by atoms with E-state index < -0.39 is 5.60 Å². The number of hydrogen-bond donors (Lipinski definition) is 0. The summed E-state index contributed by atoms with van der Waals surface area (Å²) in [7, 11) is 0. The molecular weight excluding hydrogens is 344 g/mol. The van der Waals surface area contributed by atoms with E-state index in [1.54, 1.807) is 4.90 Å². The van der Waals surface area contributed by atoms with Crippen LogP contribution in [0.15, 0.2) is 30.3 Å². The molecule has 1 atom stereocenters.